The number of piperidine rings is 1. The van der Waals surface area contributed by atoms with Crippen LogP contribution >= 0.6 is 0 Å². The maximum absolute atomic E-state index is 9.74. The number of hydrogen-bond acceptors (Lipinski definition) is 3. The Kier molecular flexibility index (Phi) is 3.80. The van der Waals surface area contributed by atoms with Crippen LogP contribution in [-0.4, -0.2) is 31.4 Å². The Hall–Kier alpha value is -1.06. The van der Waals surface area contributed by atoms with Crippen molar-refractivity contribution in [3.8, 4) is 5.75 Å². The highest BCUT2D eigenvalue weighted by Crippen LogP contribution is 2.25. The summed E-state index contributed by atoms with van der Waals surface area (Å²) in [5, 5.41) is 13.1. The Balaban J connectivity index is 2.05. The number of rotatable bonds is 3. The normalized spacial score (nSPS) is 25.6. The van der Waals surface area contributed by atoms with Crippen molar-refractivity contribution in [3.63, 3.8) is 0 Å². The van der Waals surface area contributed by atoms with Gasteiger partial charge in [0.05, 0.1) is 6.10 Å². The van der Waals surface area contributed by atoms with E-state index >= 15 is 0 Å². The predicted molar refractivity (Wildman–Crippen MR) is 63.6 cm³/mol. The second-order valence-corrected chi connectivity index (χ2v) is 4.36. The highest BCUT2D eigenvalue weighted by molar-refractivity contribution is 5.32. The second kappa shape index (κ2) is 5.32. The lowest BCUT2D eigenvalue weighted by atomic mass is 9.88. The number of nitrogens with one attached hydrogen (secondary N) is 1. The first kappa shape index (κ1) is 11.4. The topological polar surface area (TPSA) is 41.5 Å². The molecule has 0 spiro atoms. The summed E-state index contributed by atoms with van der Waals surface area (Å²) in [7, 11) is 1.76. The van der Waals surface area contributed by atoms with Crippen molar-refractivity contribution in [2.45, 2.75) is 18.9 Å². The van der Waals surface area contributed by atoms with Crippen molar-refractivity contribution >= 4 is 0 Å². The lowest BCUT2D eigenvalue weighted by Crippen LogP contribution is -2.42. The SMILES string of the molecule is COC1CNCCC1Cc1ccccc1O. The third-order valence-electron chi connectivity index (χ3n) is 3.34. The van der Waals surface area contributed by atoms with E-state index in [2.05, 4.69) is 5.32 Å². The van der Waals surface area contributed by atoms with Gasteiger partial charge in [-0.15, -0.1) is 0 Å². The largest absolute Gasteiger partial charge is 0.508 e. The summed E-state index contributed by atoms with van der Waals surface area (Å²) in [5.74, 6) is 0.899. The predicted octanol–water partition coefficient (Wildman–Crippen LogP) is 1.56. The van der Waals surface area contributed by atoms with Crippen LogP contribution in [0.15, 0.2) is 24.3 Å². The lowest BCUT2D eigenvalue weighted by molar-refractivity contribution is 0.0339. The van der Waals surface area contributed by atoms with E-state index < -0.39 is 0 Å². The first-order valence-electron chi connectivity index (χ1n) is 5.81. The Bertz CT molecular complexity index is 340. The molecule has 88 valence electrons. The molecule has 1 aromatic rings. The lowest BCUT2D eigenvalue weighted by Gasteiger charge is -2.31. The molecule has 1 aliphatic heterocycles. The van der Waals surface area contributed by atoms with Crippen LogP contribution in [0, 0.1) is 5.92 Å². The maximum atomic E-state index is 9.74. The van der Waals surface area contributed by atoms with E-state index in [9.17, 15) is 5.11 Å². The second-order valence-electron chi connectivity index (χ2n) is 4.36. The van der Waals surface area contributed by atoms with Crippen LogP contribution in [-0.2, 0) is 11.2 Å². The summed E-state index contributed by atoms with van der Waals surface area (Å²) in [4.78, 5) is 0. The third kappa shape index (κ3) is 2.54. The van der Waals surface area contributed by atoms with Crippen molar-refractivity contribution < 1.29 is 9.84 Å². The van der Waals surface area contributed by atoms with Crippen LogP contribution in [0.5, 0.6) is 5.75 Å². The van der Waals surface area contributed by atoms with E-state index in [4.69, 9.17) is 4.74 Å². The quantitative estimate of drug-likeness (QED) is 0.814. The molecule has 3 nitrogen and oxygen atoms in total. The van der Waals surface area contributed by atoms with Crippen LogP contribution in [0.4, 0.5) is 0 Å². The molecule has 2 N–H and O–H groups in total. The molecular formula is C13H19NO2. The van der Waals surface area contributed by atoms with Crippen LogP contribution in [0.2, 0.25) is 0 Å². The minimum absolute atomic E-state index is 0.258. The first-order valence-corrected chi connectivity index (χ1v) is 5.81. The van der Waals surface area contributed by atoms with E-state index in [1.54, 1.807) is 13.2 Å². The molecule has 1 saturated heterocycles. The summed E-state index contributed by atoms with van der Waals surface area (Å²) in [6, 6.07) is 7.56. The Morgan fingerprint density at radius 1 is 1.44 bits per heavy atom. The zero-order valence-corrected chi connectivity index (χ0v) is 9.65. The molecule has 0 aliphatic carbocycles. The molecule has 0 radical (unpaired) electrons. The third-order valence-corrected chi connectivity index (χ3v) is 3.34. The first-order chi connectivity index (χ1) is 7.81. The van der Waals surface area contributed by atoms with Crippen LogP contribution in [0.3, 0.4) is 0 Å². The van der Waals surface area contributed by atoms with Gasteiger partial charge in [-0.25, -0.2) is 0 Å². The number of methoxy groups -OCH3 is 1. The van der Waals surface area contributed by atoms with E-state index in [-0.39, 0.29) is 6.10 Å². The van der Waals surface area contributed by atoms with Gasteiger partial charge in [0, 0.05) is 13.7 Å². The molecule has 1 aromatic carbocycles. The molecule has 3 heteroatoms. The molecule has 2 unspecified atom stereocenters. The standard InChI is InChI=1S/C13H19NO2/c1-16-13-9-14-7-6-11(13)8-10-4-2-3-5-12(10)15/h2-5,11,13-15H,6-9H2,1H3. The van der Waals surface area contributed by atoms with Gasteiger partial charge in [0.15, 0.2) is 0 Å². The number of hydrogen-bond donors (Lipinski definition) is 2. The van der Waals surface area contributed by atoms with Crippen molar-refractivity contribution in [1.82, 2.24) is 5.32 Å². The fourth-order valence-electron chi connectivity index (χ4n) is 2.36. The molecule has 16 heavy (non-hydrogen) atoms. The van der Waals surface area contributed by atoms with E-state index in [0.717, 1.165) is 31.5 Å². The highest BCUT2D eigenvalue weighted by atomic mass is 16.5. The molecule has 1 fully saturated rings. The van der Waals surface area contributed by atoms with Crippen molar-refractivity contribution in [2.24, 2.45) is 5.92 Å². The molecule has 0 saturated carbocycles. The van der Waals surface area contributed by atoms with Crippen molar-refractivity contribution in [1.29, 1.82) is 0 Å². The summed E-state index contributed by atoms with van der Waals surface area (Å²) < 4.78 is 5.47. The zero-order chi connectivity index (χ0) is 11.4. The number of phenolic OH excluding ortho intramolecular Hbond substituents is 1. The molecule has 0 amide bonds. The summed E-state index contributed by atoms with van der Waals surface area (Å²) in [5.41, 5.74) is 1.02. The Morgan fingerprint density at radius 2 is 2.25 bits per heavy atom. The minimum Gasteiger partial charge on any atom is -0.508 e. The fraction of sp³-hybridized carbons (Fsp3) is 0.538. The number of ether oxygens (including phenoxy) is 1. The van der Waals surface area contributed by atoms with Crippen LogP contribution in [0.25, 0.3) is 0 Å². The van der Waals surface area contributed by atoms with E-state index in [1.807, 2.05) is 18.2 Å². The number of phenols is 1. The molecule has 1 heterocycles. The number of para-hydroxylation sites is 1. The average Bonchev–Trinajstić information content (AvgIpc) is 2.33. The maximum Gasteiger partial charge on any atom is 0.118 e. The number of aromatic hydroxyl groups is 1. The molecule has 0 bridgehead atoms. The van der Waals surface area contributed by atoms with E-state index in [0.29, 0.717) is 11.7 Å². The highest BCUT2D eigenvalue weighted by Gasteiger charge is 2.25. The molecule has 2 atom stereocenters. The van der Waals surface area contributed by atoms with Gasteiger partial charge in [-0.2, -0.15) is 0 Å². The Labute approximate surface area is 96.4 Å². The summed E-state index contributed by atoms with van der Waals surface area (Å²) >= 11 is 0. The Morgan fingerprint density at radius 3 is 3.00 bits per heavy atom. The van der Waals surface area contributed by atoms with Crippen LogP contribution in [0.1, 0.15) is 12.0 Å². The van der Waals surface area contributed by atoms with Crippen molar-refractivity contribution in [3.05, 3.63) is 29.8 Å². The van der Waals surface area contributed by atoms with Crippen molar-refractivity contribution in [2.75, 3.05) is 20.2 Å². The van der Waals surface area contributed by atoms with Gasteiger partial charge in [0.1, 0.15) is 5.75 Å². The smallest absolute Gasteiger partial charge is 0.118 e. The summed E-state index contributed by atoms with van der Waals surface area (Å²) in [6.45, 7) is 1.95. The molecule has 0 aromatic heterocycles. The number of benzene rings is 1. The van der Waals surface area contributed by atoms with Gasteiger partial charge >= 0.3 is 0 Å². The van der Waals surface area contributed by atoms with E-state index in [1.165, 1.54) is 0 Å². The van der Waals surface area contributed by atoms with Crippen LogP contribution < -0.4 is 5.32 Å². The summed E-state index contributed by atoms with van der Waals surface area (Å²) in [6.07, 6.45) is 2.26. The molecule has 2 rings (SSSR count). The van der Waals surface area contributed by atoms with Gasteiger partial charge in [0.2, 0.25) is 0 Å². The average molecular weight is 221 g/mol. The van der Waals surface area contributed by atoms with Gasteiger partial charge in [-0.3, -0.25) is 0 Å². The van der Waals surface area contributed by atoms with Gasteiger partial charge in [0.25, 0.3) is 0 Å². The fourth-order valence-corrected chi connectivity index (χ4v) is 2.36. The van der Waals surface area contributed by atoms with Gasteiger partial charge in [-0.05, 0) is 36.9 Å². The van der Waals surface area contributed by atoms with Gasteiger partial charge in [-0.1, -0.05) is 18.2 Å². The zero-order valence-electron chi connectivity index (χ0n) is 9.65. The van der Waals surface area contributed by atoms with Gasteiger partial charge < -0.3 is 15.2 Å². The monoisotopic (exact) mass is 221 g/mol. The molecular weight excluding hydrogens is 202 g/mol. The minimum atomic E-state index is 0.258. The molecule has 1 aliphatic rings.